The molecular weight excluding hydrogens is 397 g/mol. The third kappa shape index (κ3) is 9.24. The molecule has 0 aliphatic carbocycles. The van der Waals surface area contributed by atoms with Gasteiger partial charge in [0.2, 0.25) is 0 Å². The Morgan fingerprint density at radius 3 is 2.41 bits per heavy atom. The molecule has 1 atom stereocenters. The van der Waals surface area contributed by atoms with Crippen molar-refractivity contribution in [3.05, 3.63) is 34.4 Å². The van der Waals surface area contributed by atoms with Gasteiger partial charge in [-0.05, 0) is 28.3 Å². The van der Waals surface area contributed by atoms with Crippen LogP contribution in [0.15, 0.2) is 34.4 Å². The zero-order valence-corrected chi connectivity index (χ0v) is 15.2. The van der Waals surface area contributed by atoms with Gasteiger partial charge in [0, 0.05) is 12.6 Å². The summed E-state index contributed by atoms with van der Waals surface area (Å²) < 4.78 is 18.1. The summed E-state index contributed by atoms with van der Waals surface area (Å²) in [5, 5.41) is 12.9. The predicted octanol–water partition coefficient (Wildman–Crippen LogP) is 2.73. The molecule has 1 aromatic carbocycles. The van der Waals surface area contributed by atoms with Crippen LogP contribution in [0.25, 0.3) is 0 Å². The molecule has 1 unspecified atom stereocenters. The largest absolute Gasteiger partial charge is 0.491 e. The Hall–Kier alpha value is -0.830. The SMILES string of the molecule is CC(C)NCC(O)COc1ccc(OCOC/C=C/I)cc1. The van der Waals surface area contributed by atoms with Gasteiger partial charge in [-0.25, -0.2) is 0 Å². The maximum atomic E-state index is 9.77. The topological polar surface area (TPSA) is 60.0 Å². The van der Waals surface area contributed by atoms with Gasteiger partial charge in [0.1, 0.15) is 24.2 Å². The monoisotopic (exact) mass is 421 g/mol. The molecule has 1 rings (SSSR count). The van der Waals surface area contributed by atoms with Gasteiger partial charge in [-0.3, -0.25) is 0 Å². The van der Waals surface area contributed by atoms with Gasteiger partial charge >= 0.3 is 0 Å². The minimum atomic E-state index is -0.530. The van der Waals surface area contributed by atoms with Crippen molar-refractivity contribution < 1.29 is 19.3 Å². The Kier molecular flexibility index (Phi) is 10.2. The number of halogens is 1. The van der Waals surface area contributed by atoms with E-state index in [2.05, 4.69) is 27.9 Å². The highest BCUT2D eigenvalue weighted by atomic mass is 127. The number of aliphatic hydroxyl groups excluding tert-OH is 1. The van der Waals surface area contributed by atoms with E-state index < -0.39 is 6.10 Å². The van der Waals surface area contributed by atoms with E-state index in [0.717, 1.165) is 0 Å². The third-order valence-corrected chi connectivity index (χ3v) is 3.15. The Labute approximate surface area is 145 Å². The molecule has 0 fully saturated rings. The first-order chi connectivity index (χ1) is 10.6. The van der Waals surface area contributed by atoms with Crippen molar-refractivity contribution >= 4 is 22.6 Å². The van der Waals surface area contributed by atoms with E-state index in [9.17, 15) is 5.11 Å². The van der Waals surface area contributed by atoms with Crippen LogP contribution in [0, 0.1) is 0 Å². The minimum absolute atomic E-state index is 0.209. The van der Waals surface area contributed by atoms with Crippen molar-refractivity contribution in [2.75, 3.05) is 26.6 Å². The summed E-state index contributed by atoms with van der Waals surface area (Å²) in [5.41, 5.74) is 0. The highest BCUT2D eigenvalue weighted by Crippen LogP contribution is 2.17. The lowest BCUT2D eigenvalue weighted by atomic mass is 10.3. The first kappa shape index (κ1) is 19.2. The summed E-state index contributed by atoms with van der Waals surface area (Å²) in [6.07, 6.45) is 1.37. The van der Waals surface area contributed by atoms with E-state index in [0.29, 0.717) is 30.7 Å². The summed E-state index contributed by atoms with van der Waals surface area (Å²) in [5.74, 6) is 1.41. The average molecular weight is 421 g/mol. The van der Waals surface area contributed by atoms with Crippen LogP contribution in [0.2, 0.25) is 0 Å². The van der Waals surface area contributed by atoms with Crippen molar-refractivity contribution in [2.24, 2.45) is 0 Å². The van der Waals surface area contributed by atoms with Gasteiger partial charge in [0.15, 0.2) is 6.79 Å². The Morgan fingerprint density at radius 1 is 1.18 bits per heavy atom. The molecule has 2 N–H and O–H groups in total. The third-order valence-electron chi connectivity index (χ3n) is 2.64. The van der Waals surface area contributed by atoms with E-state index in [1.807, 2.05) is 48.3 Å². The van der Waals surface area contributed by atoms with Crippen LogP contribution in [0.5, 0.6) is 11.5 Å². The lowest BCUT2D eigenvalue weighted by molar-refractivity contribution is 0.0307. The van der Waals surface area contributed by atoms with E-state index in [4.69, 9.17) is 14.2 Å². The zero-order valence-electron chi connectivity index (χ0n) is 13.0. The Balaban J connectivity index is 2.23. The number of rotatable bonds is 11. The van der Waals surface area contributed by atoms with Gasteiger partial charge in [0.25, 0.3) is 0 Å². The van der Waals surface area contributed by atoms with Gasteiger partial charge in [-0.1, -0.05) is 42.5 Å². The normalized spacial score (nSPS) is 12.8. The highest BCUT2D eigenvalue weighted by Gasteiger charge is 2.06. The second-order valence-corrected chi connectivity index (χ2v) is 5.71. The standard InChI is InChI=1S/C16H24INO4/c1-13(2)18-10-14(19)11-21-15-4-6-16(7-5-15)22-12-20-9-3-8-17/h3-8,13-14,18-19H,9-12H2,1-2H3/b8-3+. The van der Waals surface area contributed by atoms with Crippen LogP contribution >= 0.6 is 22.6 Å². The summed E-state index contributed by atoms with van der Waals surface area (Å²) in [7, 11) is 0. The first-order valence-corrected chi connectivity index (χ1v) is 8.46. The van der Waals surface area contributed by atoms with E-state index >= 15 is 0 Å². The van der Waals surface area contributed by atoms with Gasteiger partial charge in [-0.2, -0.15) is 0 Å². The van der Waals surface area contributed by atoms with Crippen LogP contribution in [0.1, 0.15) is 13.8 Å². The van der Waals surface area contributed by atoms with Crippen LogP contribution in [-0.2, 0) is 4.74 Å². The van der Waals surface area contributed by atoms with E-state index in [-0.39, 0.29) is 13.4 Å². The fraction of sp³-hybridized carbons (Fsp3) is 0.500. The second-order valence-electron chi connectivity index (χ2n) is 4.99. The Bertz CT molecular complexity index is 423. The molecule has 0 heterocycles. The molecular formula is C16H24INO4. The van der Waals surface area contributed by atoms with Gasteiger partial charge < -0.3 is 24.6 Å². The quantitative estimate of drug-likeness (QED) is 0.327. The zero-order chi connectivity index (χ0) is 16.2. The van der Waals surface area contributed by atoms with Crippen LogP contribution in [0.3, 0.4) is 0 Å². The fourth-order valence-corrected chi connectivity index (χ4v) is 1.73. The molecule has 5 nitrogen and oxygen atoms in total. The molecule has 0 saturated carbocycles. The van der Waals surface area contributed by atoms with Crippen molar-refractivity contribution in [1.29, 1.82) is 0 Å². The molecule has 1 aromatic rings. The molecule has 0 aliphatic heterocycles. The van der Waals surface area contributed by atoms with Crippen molar-refractivity contribution in [3.63, 3.8) is 0 Å². The van der Waals surface area contributed by atoms with Crippen LogP contribution in [-0.4, -0.2) is 43.8 Å². The molecule has 0 bridgehead atoms. The average Bonchev–Trinajstić information content (AvgIpc) is 2.52. The van der Waals surface area contributed by atoms with Crippen molar-refractivity contribution in [2.45, 2.75) is 26.0 Å². The molecule has 0 radical (unpaired) electrons. The fourth-order valence-electron chi connectivity index (χ4n) is 1.52. The van der Waals surface area contributed by atoms with Crippen LogP contribution in [0.4, 0.5) is 0 Å². The summed E-state index contributed by atoms with van der Waals surface area (Å²) >= 11 is 2.14. The van der Waals surface area contributed by atoms with E-state index in [1.165, 1.54) is 0 Å². The molecule has 22 heavy (non-hydrogen) atoms. The van der Waals surface area contributed by atoms with Gasteiger partial charge in [0.05, 0.1) is 6.61 Å². The highest BCUT2D eigenvalue weighted by molar-refractivity contribution is 14.1. The molecule has 0 amide bonds. The maximum absolute atomic E-state index is 9.77. The lowest BCUT2D eigenvalue weighted by Gasteiger charge is -2.15. The Morgan fingerprint density at radius 2 is 1.82 bits per heavy atom. The maximum Gasteiger partial charge on any atom is 0.189 e. The molecule has 0 saturated heterocycles. The molecule has 0 aliphatic rings. The second kappa shape index (κ2) is 11.7. The molecule has 124 valence electrons. The van der Waals surface area contributed by atoms with Crippen molar-refractivity contribution in [3.8, 4) is 11.5 Å². The number of nitrogens with one attached hydrogen (secondary N) is 1. The number of aliphatic hydroxyl groups is 1. The number of ether oxygens (including phenoxy) is 3. The molecule has 6 heteroatoms. The number of benzene rings is 1. The smallest absolute Gasteiger partial charge is 0.189 e. The lowest BCUT2D eigenvalue weighted by Crippen LogP contribution is -2.35. The van der Waals surface area contributed by atoms with Gasteiger partial charge in [-0.15, -0.1) is 0 Å². The molecule has 0 spiro atoms. The summed E-state index contributed by atoms with van der Waals surface area (Å²) in [4.78, 5) is 0. The number of hydrogen-bond donors (Lipinski definition) is 2. The number of hydrogen-bond acceptors (Lipinski definition) is 5. The minimum Gasteiger partial charge on any atom is -0.491 e. The van der Waals surface area contributed by atoms with Crippen molar-refractivity contribution in [1.82, 2.24) is 5.32 Å². The van der Waals surface area contributed by atoms with Crippen LogP contribution < -0.4 is 14.8 Å². The summed E-state index contributed by atoms with van der Waals surface area (Å²) in [6, 6.07) is 7.59. The van der Waals surface area contributed by atoms with E-state index in [1.54, 1.807) is 0 Å². The summed E-state index contributed by atoms with van der Waals surface area (Å²) in [6.45, 7) is 5.59. The first-order valence-electron chi connectivity index (χ1n) is 7.22. The molecule has 0 aromatic heterocycles. The predicted molar refractivity (Wildman–Crippen MR) is 95.7 cm³/mol.